The highest BCUT2D eigenvalue weighted by Crippen LogP contribution is 2.56. The summed E-state index contributed by atoms with van der Waals surface area (Å²) < 4.78 is 168. The SMILES string of the molecule is CC(C)(C)[Si](C)(C)OCC#CC(CCc1c[n+]2c(o1)[C@@H]1[C@H](C2)N1[Si](c1cccc(C(F)(F)F)c1)(c1cccc(C(F)(F)F)c1)C(C)(C)C)O[Si](C)(C)C(C)(C)C.O=S(=O)([O-])C(F)(F)F. The highest BCUT2D eigenvalue weighted by Gasteiger charge is 2.73. The van der Waals surface area contributed by atoms with Gasteiger partial charge in [0.05, 0.1) is 23.8 Å². The van der Waals surface area contributed by atoms with Crippen molar-refractivity contribution in [2.75, 3.05) is 6.61 Å². The second kappa shape index (κ2) is 17.9. The van der Waals surface area contributed by atoms with Crippen LogP contribution in [-0.4, -0.2) is 66.7 Å². The molecule has 0 bridgehead atoms. The number of aromatic nitrogens is 1. The van der Waals surface area contributed by atoms with Gasteiger partial charge in [-0.2, -0.15) is 44.1 Å². The number of hydrogen-bond acceptors (Lipinski definition) is 7. The molecule has 2 aromatic carbocycles. The lowest BCUT2D eigenvalue weighted by molar-refractivity contribution is -0.699. The normalized spacial score (nSPS) is 19.2. The molecule has 0 N–H and O–H groups in total. The topological polar surface area (TPSA) is 95.7 Å². The van der Waals surface area contributed by atoms with Crippen LogP contribution in [0.5, 0.6) is 0 Å². The molecule has 0 aliphatic carbocycles. The molecule has 21 heteroatoms. The Bertz CT molecular complexity index is 2260. The first kappa shape index (κ1) is 53.6. The Labute approximate surface area is 374 Å². The maximum atomic E-state index is 14.2. The molecule has 0 amide bonds. The van der Waals surface area contributed by atoms with Crippen molar-refractivity contribution >= 4 is 45.4 Å². The number of fused-ring (bicyclic) bond motifs is 3. The smallest absolute Gasteiger partial charge is 0.485 e. The van der Waals surface area contributed by atoms with Gasteiger partial charge in [0.1, 0.15) is 6.10 Å². The van der Waals surface area contributed by atoms with Crippen LogP contribution in [0.3, 0.4) is 0 Å². The second-order valence-electron chi connectivity index (χ2n) is 20.4. The molecule has 0 radical (unpaired) electrons. The number of alkyl halides is 9. The molecule has 3 heterocycles. The van der Waals surface area contributed by atoms with Crippen LogP contribution in [0, 0.1) is 11.8 Å². The molecular weight excluding hydrogens is 928 g/mol. The Balaban J connectivity index is 0.00000102. The van der Waals surface area contributed by atoms with Crippen molar-refractivity contribution in [2.45, 2.75) is 159 Å². The highest BCUT2D eigenvalue weighted by atomic mass is 32.2. The lowest BCUT2D eigenvalue weighted by Gasteiger charge is -2.46. The Morgan fingerprint density at radius 1 is 0.797 bits per heavy atom. The number of hydrogen-bond donors (Lipinski definition) is 0. The van der Waals surface area contributed by atoms with Crippen LogP contribution in [0.4, 0.5) is 39.5 Å². The molecule has 5 rings (SSSR count). The molecule has 0 spiro atoms. The Hall–Kier alpha value is -2.98. The van der Waals surface area contributed by atoms with Gasteiger partial charge in [-0.15, -0.1) is 0 Å². The van der Waals surface area contributed by atoms with E-state index in [-0.39, 0.29) is 28.3 Å². The summed E-state index contributed by atoms with van der Waals surface area (Å²) in [5.41, 5.74) is -7.29. The van der Waals surface area contributed by atoms with Crippen molar-refractivity contribution in [1.82, 2.24) is 4.57 Å². The third-order valence-corrected chi connectivity index (χ3v) is 28.2. The lowest BCUT2D eigenvalue weighted by Crippen LogP contribution is -2.71. The van der Waals surface area contributed by atoms with Gasteiger partial charge in [-0.25, -0.2) is 8.42 Å². The maximum absolute atomic E-state index is 14.2. The molecule has 2 unspecified atom stereocenters. The van der Waals surface area contributed by atoms with Gasteiger partial charge in [-0.3, -0.25) is 4.57 Å². The Morgan fingerprint density at radius 2 is 1.27 bits per heavy atom. The van der Waals surface area contributed by atoms with Gasteiger partial charge in [0.2, 0.25) is 6.20 Å². The molecule has 358 valence electrons. The van der Waals surface area contributed by atoms with Gasteiger partial charge in [0.15, 0.2) is 53.3 Å². The summed E-state index contributed by atoms with van der Waals surface area (Å²) in [5, 5.41) is 0.128. The number of oxazole rings is 1. The molecule has 0 saturated carbocycles. The third kappa shape index (κ3) is 11.6. The quantitative estimate of drug-likeness (QED) is 0.0380. The van der Waals surface area contributed by atoms with E-state index in [9.17, 15) is 39.5 Å². The minimum Gasteiger partial charge on any atom is -0.741 e. The number of benzene rings is 2. The van der Waals surface area contributed by atoms with Gasteiger partial charge in [-0.1, -0.05) is 111 Å². The minimum atomic E-state index is -6.09. The van der Waals surface area contributed by atoms with E-state index in [0.29, 0.717) is 42.3 Å². The monoisotopic (exact) mass is 986 g/mol. The first-order chi connectivity index (χ1) is 28.7. The molecule has 1 aromatic heterocycles. The predicted octanol–water partition coefficient (Wildman–Crippen LogP) is 10.3. The van der Waals surface area contributed by atoms with Crippen LogP contribution in [-0.2, 0) is 44.3 Å². The first-order valence-corrected chi connectivity index (χ1v) is 29.8. The van der Waals surface area contributed by atoms with E-state index in [0.717, 1.165) is 30.0 Å². The molecule has 2 aliphatic rings. The summed E-state index contributed by atoms with van der Waals surface area (Å²) >= 11 is 0. The van der Waals surface area contributed by atoms with E-state index in [1.165, 1.54) is 12.1 Å². The molecule has 8 nitrogen and oxygen atoms in total. The third-order valence-electron chi connectivity index (χ3n) is 12.8. The first-order valence-electron chi connectivity index (χ1n) is 20.6. The average molecular weight is 987 g/mol. The summed E-state index contributed by atoms with van der Waals surface area (Å²) in [6, 6.07) is 9.94. The Kier molecular flexibility index (Phi) is 15.0. The molecule has 64 heavy (non-hydrogen) atoms. The van der Waals surface area contributed by atoms with E-state index in [2.05, 4.69) is 84.1 Å². The lowest BCUT2D eigenvalue weighted by atomic mass is 10.2. The van der Waals surface area contributed by atoms with Crippen LogP contribution in [0.15, 0.2) is 59.1 Å². The fraction of sp³-hybridized carbons (Fsp3) is 0.605. The van der Waals surface area contributed by atoms with Crippen LogP contribution in [0.1, 0.15) is 97.6 Å². The standard InChI is InChI=1S/C42H59F6N2O3Si3.CHF3O3S/c1-38(2,3)54(10,11)51-24-16-19-31(53-55(12,13)39(4,5)6)22-23-32-27-49-28-35-36(37(49)52-32)50(35)56(40(7,8)9,33-20-14-17-29(25-33)41(43,44)45)34-21-15-18-30(26-34)42(46,47)48;2-1(3,4)8(5,6)7/h14-15,17-18,20-21,25-27,31,35-36H,22-24,28H2,1-13H3;(H,5,6,7)/q+1;/p-1/t31?,35-,36-,50?;/m0./s1. The number of halogens is 9. The summed E-state index contributed by atoms with van der Waals surface area (Å²) in [6.45, 7) is 28.6. The molecule has 3 aromatic rings. The average Bonchev–Trinajstić information content (AvgIpc) is 3.45. The molecule has 2 aliphatic heterocycles. The van der Waals surface area contributed by atoms with E-state index >= 15 is 0 Å². The van der Waals surface area contributed by atoms with Crippen molar-refractivity contribution in [3.63, 3.8) is 0 Å². The fourth-order valence-electron chi connectivity index (χ4n) is 7.47. The van der Waals surface area contributed by atoms with E-state index in [1.54, 1.807) is 12.1 Å². The molecule has 1 fully saturated rings. The zero-order chi connectivity index (χ0) is 49.1. The predicted molar refractivity (Wildman–Crippen MR) is 232 cm³/mol. The summed E-state index contributed by atoms with van der Waals surface area (Å²) in [6.07, 6.45) is -6.49. The van der Waals surface area contributed by atoms with Crippen LogP contribution in [0.2, 0.25) is 41.3 Å². The molecule has 4 atom stereocenters. The zero-order valence-electron chi connectivity index (χ0n) is 38.4. The van der Waals surface area contributed by atoms with Crippen molar-refractivity contribution in [3.05, 3.63) is 77.5 Å². The number of aryl methyl sites for hydroxylation is 1. The summed E-state index contributed by atoms with van der Waals surface area (Å²) in [4.78, 5) is 0. The molecule has 1 saturated heterocycles. The van der Waals surface area contributed by atoms with Crippen molar-refractivity contribution in [3.8, 4) is 11.8 Å². The summed E-state index contributed by atoms with van der Waals surface area (Å²) in [7, 11) is -13.9. The van der Waals surface area contributed by atoms with Crippen LogP contribution in [0.25, 0.3) is 0 Å². The van der Waals surface area contributed by atoms with Crippen molar-refractivity contribution in [2.24, 2.45) is 0 Å². The zero-order valence-corrected chi connectivity index (χ0v) is 42.2. The van der Waals surface area contributed by atoms with E-state index < -0.39 is 69.0 Å². The Morgan fingerprint density at radius 3 is 1.67 bits per heavy atom. The largest absolute Gasteiger partial charge is 0.741 e. The minimum absolute atomic E-state index is 0.0284. The van der Waals surface area contributed by atoms with E-state index in [4.69, 9.17) is 26.2 Å². The van der Waals surface area contributed by atoms with Gasteiger partial charge >= 0.3 is 23.8 Å². The fourth-order valence-corrected chi connectivity index (χ4v) is 15.8. The summed E-state index contributed by atoms with van der Waals surface area (Å²) in [5.74, 6) is 8.02. The van der Waals surface area contributed by atoms with Gasteiger partial charge in [0, 0.05) is 6.42 Å². The van der Waals surface area contributed by atoms with Crippen molar-refractivity contribution < 1.29 is 70.3 Å². The van der Waals surface area contributed by atoms with Crippen LogP contribution < -0.4 is 14.9 Å². The number of nitrogens with zero attached hydrogens (tertiary/aromatic N) is 2. The van der Waals surface area contributed by atoms with E-state index in [1.807, 2.05) is 31.5 Å². The second-order valence-corrected chi connectivity index (χ2v) is 35.9. The van der Waals surface area contributed by atoms with Gasteiger partial charge in [0.25, 0.3) is 0 Å². The highest BCUT2D eigenvalue weighted by molar-refractivity contribution is 7.86. The maximum Gasteiger partial charge on any atom is 0.485 e. The van der Waals surface area contributed by atoms with Crippen molar-refractivity contribution in [1.29, 1.82) is 0 Å². The van der Waals surface area contributed by atoms with Gasteiger partial charge in [-0.05, 0) is 70.2 Å². The molecular formula is C43H59F9N2O6SSi3. The van der Waals surface area contributed by atoms with Crippen LogP contribution >= 0.6 is 0 Å². The number of rotatable bonds is 10. The van der Waals surface area contributed by atoms with Gasteiger partial charge < -0.3 is 17.8 Å².